The van der Waals surface area contributed by atoms with E-state index in [-0.39, 0.29) is 0 Å². The summed E-state index contributed by atoms with van der Waals surface area (Å²) in [7, 11) is 2.06. The van der Waals surface area contributed by atoms with Gasteiger partial charge in [-0.25, -0.2) is 0 Å². The summed E-state index contributed by atoms with van der Waals surface area (Å²) in [6.45, 7) is 3.73. The summed E-state index contributed by atoms with van der Waals surface area (Å²) in [4.78, 5) is 2.19. The molecule has 1 aliphatic heterocycles. The summed E-state index contributed by atoms with van der Waals surface area (Å²) >= 11 is 0. The average molecular weight is 222 g/mol. The van der Waals surface area contributed by atoms with Gasteiger partial charge in [0.2, 0.25) is 0 Å². The fourth-order valence-corrected chi connectivity index (χ4v) is 1.80. The van der Waals surface area contributed by atoms with Crippen LogP contribution in [0.5, 0.6) is 11.5 Å². The van der Waals surface area contributed by atoms with Crippen LogP contribution in [-0.4, -0.2) is 38.3 Å². The number of nitrogens with zero attached hydrogens (tertiary/aromatic N) is 1. The lowest BCUT2D eigenvalue weighted by Crippen LogP contribution is -2.25. The Bertz CT molecular complexity index is 355. The number of rotatable bonds is 4. The normalized spacial score (nSPS) is 14.2. The maximum absolute atomic E-state index is 5.54. The first-order chi connectivity index (χ1) is 7.79. The molecule has 0 atom stereocenters. The van der Waals surface area contributed by atoms with E-state index in [1.165, 1.54) is 5.56 Å². The monoisotopic (exact) mass is 222 g/mol. The summed E-state index contributed by atoms with van der Waals surface area (Å²) in [5, 5.41) is 0. The zero-order valence-corrected chi connectivity index (χ0v) is 9.61. The largest absolute Gasteiger partial charge is 0.486 e. The van der Waals surface area contributed by atoms with Crippen molar-refractivity contribution in [2.24, 2.45) is 5.73 Å². The summed E-state index contributed by atoms with van der Waals surface area (Å²) in [6, 6.07) is 6.09. The van der Waals surface area contributed by atoms with Crippen molar-refractivity contribution in [3.05, 3.63) is 23.8 Å². The van der Waals surface area contributed by atoms with Gasteiger partial charge >= 0.3 is 0 Å². The van der Waals surface area contributed by atoms with Crippen LogP contribution < -0.4 is 15.2 Å². The molecule has 0 saturated heterocycles. The van der Waals surface area contributed by atoms with E-state index < -0.39 is 0 Å². The van der Waals surface area contributed by atoms with Crippen LogP contribution in [-0.2, 0) is 6.54 Å². The van der Waals surface area contributed by atoms with Gasteiger partial charge in [0.05, 0.1) is 0 Å². The average Bonchev–Trinajstić information content (AvgIpc) is 2.29. The lowest BCUT2D eigenvalue weighted by Gasteiger charge is -2.20. The zero-order valence-electron chi connectivity index (χ0n) is 9.61. The first-order valence-electron chi connectivity index (χ1n) is 5.57. The highest BCUT2D eigenvalue weighted by Crippen LogP contribution is 2.30. The van der Waals surface area contributed by atoms with Crippen LogP contribution >= 0.6 is 0 Å². The first kappa shape index (κ1) is 11.2. The molecule has 0 fully saturated rings. The van der Waals surface area contributed by atoms with E-state index in [1.54, 1.807) is 0 Å². The molecular weight excluding hydrogens is 204 g/mol. The second-order valence-electron chi connectivity index (χ2n) is 4.00. The van der Waals surface area contributed by atoms with Gasteiger partial charge in [0.1, 0.15) is 13.2 Å². The van der Waals surface area contributed by atoms with Crippen molar-refractivity contribution in [2.75, 3.05) is 33.4 Å². The van der Waals surface area contributed by atoms with Crippen molar-refractivity contribution in [2.45, 2.75) is 6.54 Å². The Morgan fingerprint density at radius 3 is 2.75 bits per heavy atom. The Balaban J connectivity index is 2.05. The molecule has 1 aromatic carbocycles. The number of hydrogen-bond acceptors (Lipinski definition) is 4. The summed E-state index contributed by atoms with van der Waals surface area (Å²) in [6.07, 6.45) is 0. The standard InChI is InChI=1S/C12H18N2O2/c1-14(5-4-13)9-10-2-3-11-12(8-10)16-7-6-15-11/h2-3,8H,4-7,9,13H2,1H3. The molecule has 0 aromatic heterocycles. The molecule has 0 radical (unpaired) electrons. The highest BCUT2D eigenvalue weighted by Gasteiger charge is 2.11. The van der Waals surface area contributed by atoms with Crippen LogP contribution in [0.15, 0.2) is 18.2 Å². The Labute approximate surface area is 95.9 Å². The third-order valence-electron chi connectivity index (χ3n) is 2.57. The number of nitrogens with two attached hydrogens (primary N) is 1. The third kappa shape index (κ3) is 2.65. The lowest BCUT2D eigenvalue weighted by molar-refractivity contribution is 0.171. The van der Waals surface area contributed by atoms with Gasteiger partial charge in [-0.05, 0) is 24.7 Å². The maximum Gasteiger partial charge on any atom is 0.161 e. The van der Waals surface area contributed by atoms with Gasteiger partial charge in [0.15, 0.2) is 11.5 Å². The fraction of sp³-hybridized carbons (Fsp3) is 0.500. The Morgan fingerprint density at radius 1 is 1.25 bits per heavy atom. The topological polar surface area (TPSA) is 47.7 Å². The highest BCUT2D eigenvalue weighted by atomic mass is 16.6. The smallest absolute Gasteiger partial charge is 0.161 e. The van der Waals surface area contributed by atoms with Crippen LogP contribution in [0.3, 0.4) is 0 Å². The van der Waals surface area contributed by atoms with Gasteiger partial charge in [-0.1, -0.05) is 6.07 Å². The summed E-state index contributed by atoms with van der Waals surface area (Å²) in [5.41, 5.74) is 6.73. The predicted octanol–water partition coefficient (Wildman–Crippen LogP) is 0.848. The molecule has 0 spiro atoms. The minimum absolute atomic E-state index is 0.634. The molecule has 0 saturated carbocycles. The first-order valence-corrected chi connectivity index (χ1v) is 5.57. The van der Waals surface area contributed by atoms with Gasteiger partial charge in [0, 0.05) is 19.6 Å². The molecule has 0 aliphatic carbocycles. The molecule has 0 unspecified atom stereocenters. The molecule has 16 heavy (non-hydrogen) atoms. The van der Waals surface area contributed by atoms with E-state index in [9.17, 15) is 0 Å². The van der Waals surface area contributed by atoms with Crippen molar-refractivity contribution in [3.8, 4) is 11.5 Å². The molecule has 2 N–H and O–H groups in total. The minimum Gasteiger partial charge on any atom is -0.486 e. The van der Waals surface area contributed by atoms with Crippen LogP contribution in [0.4, 0.5) is 0 Å². The van der Waals surface area contributed by atoms with Crippen LogP contribution in [0.1, 0.15) is 5.56 Å². The molecule has 1 aliphatic rings. The maximum atomic E-state index is 5.54. The Hall–Kier alpha value is -1.26. The predicted molar refractivity (Wildman–Crippen MR) is 62.8 cm³/mol. The highest BCUT2D eigenvalue weighted by molar-refractivity contribution is 5.43. The molecule has 2 rings (SSSR count). The van der Waals surface area contributed by atoms with Crippen molar-refractivity contribution in [3.63, 3.8) is 0 Å². The quantitative estimate of drug-likeness (QED) is 0.820. The molecule has 4 nitrogen and oxygen atoms in total. The van der Waals surface area contributed by atoms with E-state index in [4.69, 9.17) is 15.2 Å². The van der Waals surface area contributed by atoms with Crippen molar-refractivity contribution in [1.82, 2.24) is 4.90 Å². The van der Waals surface area contributed by atoms with E-state index in [2.05, 4.69) is 18.0 Å². The molecular formula is C12H18N2O2. The number of fused-ring (bicyclic) bond motifs is 1. The summed E-state index contributed by atoms with van der Waals surface area (Å²) in [5.74, 6) is 1.70. The fourth-order valence-electron chi connectivity index (χ4n) is 1.80. The van der Waals surface area contributed by atoms with E-state index in [0.29, 0.717) is 19.8 Å². The van der Waals surface area contributed by atoms with Crippen molar-refractivity contribution < 1.29 is 9.47 Å². The second kappa shape index (κ2) is 5.18. The number of likely N-dealkylation sites (N-methyl/N-ethyl adjacent to an activating group) is 1. The van der Waals surface area contributed by atoms with Gasteiger partial charge in [0.25, 0.3) is 0 Å². The van der Waals surface area contributed by atoms with Crippen molar-refractivity contribution >= 4 is 0 Å². The zero-order chi connectivity index (χ0) is 11.4. The molecule has 88 valence electrons. The minimum atomic E-state index is 0.634. The lowest BCUT2D eigenvalue weighted by atomic mass is 10.2. The van der Waals surface area contributed by atoms with Gasteiger partial charge in [-0.2, -0.15) is 0 Å². The molecule has 1 heterocycles. The van der Waals surface area contributed by atoms with E-state index in [1.807, 2.05) is 12.1 Å². The molecule has 1 aromatic rings. The number of hydrogen-bond donors (Lipinski definition) is 1. The molecule has 0 bridgehead atoms. The second-order valence-corrected chi connectivity index (χ2v) is 4.00. The van der Waals surface area contributed by atoms with Crippen molar-refractivity contribution in [1.29, 1.82) is 0 Å². The third-order valence-corrected chi connectivity index (χ3v) is 2.57. The molecule has 0 amide bonds. The van der Waals surface area contributed by atoms with Crippen LogP contribution in [0.2, 0.25) is 0 Å². The van der Waals surface area contributed by atoms with Crippen LogP contribution in [0, 0.1) is 0 Å². The Morgan fingerprint density at radius 2 is 2.00 bits per heavy atom. The molecule has 4 heteroatoms. The summed E-state index contributed by atoms with van der Waals surface area (Å²) < 4.78 is 11.0. The SMILES string of the molecule is CN(CCN)Cc1ccc2c(c1)OCCO2. The number of benzene rings is 1. The van der Waals surface area contributed by atoms with Crippen LogP contribution in [0.25, 0.3) is 0 Å². The van der Waals surface area contributed by atoms with E-state index in [0.717, 1.165) is 24.6 Å². The van der Waals surface area contributed by atoms with Gasteiger partial charge < -0.3 is 20.1 Å². The van der Waals surface area contributed by atoms with Gasteiger partial charge in [-0.3, -0.25) is 0 Å². The van der Waals surface area contributed by atoms with E-state index >= 15 is 0 Å². The van der Waals surface area contributed by atoms with Gasteiger partial charge in [-0.15, -0.1) is 0 Å². The number of ether oxygens (including phenoxy) is 2. The Kier molecular flexibility index (Phi) is 3.64.